The first-order valence-electron chi connectivity index (χ1n) is 19.5. The zero-order chi connectivity index (χ0) is 37.8. The predicted molar refractivity (Wildman–Crippen MR) is 204 cm³/mol. The summed E-state index contributed by atoms with van der Waals surface area (Å²) in [6, 6.07) is 13.1. The first kappa shape index (κ1) is 35.2. The van der Waals surface area contributed by atoms with Crippen LogP contribution in [0.15, 0.2) is 47.1 Å². The number of piperidine rings is 3. The summed E-state index contributed by atoms with van der Waals surface area (Å²) in [5, 5.41) is 10.9. The molecular formula is C40H46N10O5. The number of nitrogens with one attached hydrogen (secondary N) is 2. The third-order valence-electron chi connectivity index (χ3n) is 12.4. The minimum Gasteiger partial charge on any atom is -0.364 e. The number of amides is 5. The van der Waals surface area contributed by atoms with Crippen molar-refractivity contribution in [3.8, 4) is 0 Å². The molecule has 55 heavy (non-hydrogen) atoms. The van der Waals surface area contributed by atoms with Crippen LogP contribution in [-0.2, 0) is 22.4 Å². The molecule has 9 rings (SSSR count). The van der Waals surface area contributed by atoms with Crippen molar-refractivity contribution in [3.05, 3.63) is 70.7 Å². The van der Waals surface area contributed by atoms with Gasteiger partial charge in [0.2, 0.25) is 11.8 Å². The highest BCUT2D eigenvalue weighted by Gasteiger charge is 2.37. The Labute approximate surface area is 318 Å². The van der Waals surface area contributed by atoms with E-state index in [0.29, 0.717) is 48.7 Å². The normalized spacial score (nSPS) is 23.8. The summed E-state index contributed by atoms with van der Waals surface area (Å²) in [6.07, 6.45) is 8.15. The summed E-state index contributed by atoms with van der Waals surface area (Å²) in [6.45, 7) is 4.89. The van der Waals surface area contributed by atoms with Crippen molar-refractivity contribution in [1.82, 2.24) is 35.1 Å². The average Bonchev–Trinajstić information content (AvgIpc) is 3.92. The Kier molecular flexibility index (Phi) is 9.11. The van der Waals surface area contributed by atoms with Gasteiger partial charge >= 0.3 is 6.03 Å². The second-order valence-electron chi connectivity index (χ2n) is 15.7. The lowest BCUT2D eigenvalue weighted by molar-refractivity contribution is -0.134. The van der Waals surface area contributed by atoms with Crippen LogP contribution in [0.4, 0.5) is 22.1 Å². The molecule has 0 bridgehead atoms. The van der Waals surface area contributed by atoms with Crippen LogP contribution in [0.1, 0.15) is 83.2 Å². The molecule has 0 spiro atoms. The lowest BCUT2D eigenvalue weighted by Gasteiger charge is -2.37. The minimum absolute atomic E-state index is 0.0666. The number of rotatable bonds is 8. The summed E-state index contributed by atoms with van der Waals surface area (Å²) in [4.78, 5) is 67.0. The summed E-state index contributed by atoms with van der Waals surface area (Å²) in [5.41, 5.74) is 11.7. The zero-order valence-electron chi connectivity index (χ0n) is 31.0. The number of nitrogens with zero attached hydrogens (tertiary/aromatic N) is 7. The number of imide groups is 1. The zero-order valence-corrected chi connectivity index (χ0v) is 31.0. The van der Waals surface area contributed by atoms with Gasteiger partial charge in [0, 0.05) is 62.3 Å². The smallest absolute Gasteiger partial charge is 0.320 e. The molecule has 5 aliphatic rings. The number of anilines is 3. The number of urea groups is 1. The van der Waals surface area contributed by atoms with Gasteiger partial charge in [0.05, 0.1) is 18.2 Å². The van der Waals surface area contributed by atoms with Crippen molar-refractivity contribution < 1.29 is 23.7 Å². The van der Waals surface area contributed by atoms with Crippen molar-refractivity contribution >= 4 is 52.0 Å². The standard InChI is InChI=1S/C40H46N10O5/c1-47-17-18-50(40(47)54)27-3-2-14-49(22-27)32-21-42-35(37(41)52)38(44-32)43-26-7-4-23(5-8-26)24-12-15-48(16-13-24)28-19-25-6-9-29-34(46-55-36(29)31(25)20-28)30-10-11-33(51)45-39(30)53/h4-9,21,24,27-28,30H,2-3,10-20,22H2,1H3,(H2,41,52)(H,43,44)(H,45,51,53)/t27-,28+,30?/m1/s1. The summed E-state index contributed by atoms with van der Waals surface area (Å²) >= 11 is 0. The molecule has 4 aromatic rings. The Balaban J connectivity index is 0.825. The lowest BCUT2D eigenvalue weighted by Crippen LogP contribution is -2.49. The second kappa shape index (κ2) is 14.3. The van der Waals surface area contributed by atoms with Gasteiger partial charge < -0.3 is 30.3 Å². The molecule has 15 nitrogen and oxygen atoms in total. The highest BCUT2D eigenvalue weighted by atomic mass is 16.5. The first-order chi connectivity index (χ1) is 26.7. The molecule has 4 N–H and O–H groups in total. The number of aromatic nitrogens is 3. The van der Waals surface area contributed by atoms with Crippen molar-refractivity contribution in [3.63, 3.8) is 0 Å². The van der Waals surface area contributed by atoms with E-state index >= 15 is 0 Å². The fourth-order valence-electron chi connectivity index (χ4n) is 9.36. The van der Waals surface area contributed by atoms with Crippen molar-refractivity contribution in [2.75, 3.05) is 56.5 Å². The molecule has 286 valence electrons. The third-order valence-corrected chi connectivity index (χ3v) is 12.4. The van der Waals surface area contributed by atoms with Gasteiger partial charge in [-0.05, 0) is 93.3 Å². The van der Waals surface area contributed by atoms with Gasteiger partial charge in [-0.1, -0.05) is 23.4 Å². The summed E-state index contributed by atoms with van der Waals surface area (Å²) in [7, 11) is 1.84. The molecule has 2 aromatic carbocycles. The van der Waals surface area contributed by atoms with E-state index in [1.807, 2.05) is 30.1 Å². The number of likely N-dealkylation sites (N-methyl/N-ethyl adjacent to an activating group) is 1. The molecule has 15 heteroatoms. The maximum absolute atomic E-state index is 12.7. The molecule has 6 heterocycles. The Hall–Kier alpha value is -5.57. The molecule has 5 amide bonds. The molecular weight excluding hydrogens is 701 g/mol. The Morgan fingerprint density at radius 1 is 0.945 bits per heavy atom. The van der Waals surface area contributed by atoms with Crippen LogP contribution in [0, 0.1) is 0 Å². The van der Waals surface area contributed by atoms with E-state index in [4.69, 9.17) is 15.2 Å². The quantitative estimate of drug-likeness (QED) is 0.224. The molecule has 4 fully saturated rings. The van der Waals surface area contributed by atoms with E-state index in [9.17, 15) is 19.2 Å². The minimum atomic E-state index is -0.653. The van der Waals surface area contributed by atoms with E-state index in [-0.39, 0.29) is 29.6 Å². The number of hydrogen-bond acceptors (Lipinski definition) is 11. The highest BCUT2D eigenvalue weighted by molar-refractivity contribution is 6.02. The van der Waals surface area contributed by atoms with Crippen LogP contribution >= 0.6 is 0 Å². The molecule has 4 saturated heterocycles. The first-order valence-corrected chi connectivity index (χ1v) is 19.5. The number of carbonyl (C=O) groups is 4. The van der Waals surface area contributed by atoms with E-state index in [1.165, 1.54) is 16.7 Å². The van der Waals surface area contributed by atoms with Crippen LogP contribution in [0.25, 0.3) is 11.0 Å². The molecule has 4 aliphatic heterocycles. The Bertz CT molecular complexity index is 2160. The topological polar surface area (TPSA) is 183 Å². The number of likely N-dealkylation sites (tertiary alicyclic amines) is 1. The Morgan fingerprint density at radius 2 is 1.76 bits per heavy atom. The summed E-state index contributed by atoms with van der Waals surface area (Å²) < 4.78 is 5.87. The number of hydrogen-bond donors (Lipinski definition) is 3. The number of carbonyl (C=O) groups excluding carboxylic acids is 4. The molecule has 3 atom stereocenters. The number of nitrogens with two attached hydrogens (primary N) is 1. The van der Waals surface area contributed by atoms with Gasteiger partial charge in [-0.3, -0.25) is 24.6 Å². The largest absolute Gasteiger partial charge is 0.364 e. The van der Waals surface area contributed by atoms with Gasteiger partial charge in [0.25, 0.3) is 5.91 Å². The molecule has 0 saturated carbocycles. The monoisotopic (exact) mass is 746 g/mol. The lowest BCUT2D eigenvalue weighted by atomic mass is 9.88. The molecule has 0 radical (unpaired) electrons. The highest BCUT2D eigenvalue weighted by Crippen LogP contribution is 2.39. The van der Waals surface area contributed by atoms with E-state index in [1.54, 1.807) is 11.1 Å². The molecule has 1 aliphatic carbocycles. The van der Waals surface area contributed by atoms with Crippen LogP contribution < -0.4 is 21.3 Å². The van der Waals surface area contributed by atoms with Gasteiger partial charge in [0.1, 0.15) is 11.5 Å². The molecule has 1 unspecified atom stereocenters. The third kappa shape index (κ3) is 6.64. The number of primary amides is 1. The van der Waals surface area contributed by atoms with Crippen molar-refractivity contribution in [2.24, 2.45) is 5.73 Å². The van der Waals surface area contributed by atoms with E-state index < -0.39 is 11.8 Å². The van der Waals surface area contributed by atoms with Crippen LogP contribution in [0.2, 0.25) is 0 Å². The van der Waals surface area contributed by atoms with Gasteiger partial charge in [-0.15, -0.1) is 0 Å². The SMILES string of the molecule is CN1CCN([C@@H]2CCCN(c3cnc(C(N)=O)c(Nc4ccc(C5CCN([C@H]6Cc7ccc8c(C9CCC(=O)NC9=O)noc8c7C6)CC5)cc4)n3)C2)C1=O. The van der Waals surface area contributed by atoms with Crippen LogP contribution in [-0.4, -0.2) is 112 Å². The van der Waals surface area contributed by atoms with Crippen molar-refractivity contribution in [1.29, 1.82) is 0 Å². The van der Waals surface area contributed by atoms with Gasteiger partial charge in [0.15, 0.2) is 17.1 Å². The van der Waals surface area contributed by atoms with Gasteiger partial charge in [-0.2, -0.15) is 0 Å². The number of fused-ring (bicyclic) bond motifs is 3. The Morgan fingerprint density at radius 3 is 2.51 bits per heavy atom. The van der Waals surface area contributed by atoms with Crippen molar-refractivity contribution in [2.45, 2.75) is 75.3 Å². The van der Waals surface area contributed by atoms with E-state index in [0.717, 1.165) is 87.9 Å². The number of benzene rings is 2. The van der Waals surface area contributed by atoms with Gasteiger partial charge in [-0.25, -0.2) is 14.8 Å². The predicted octanol–water partition coefficient (Wildman–Crippen LogP) is 3.66. The van der Waals surface area contributed by atoms with Crippen LogP contribution in [0.3, 0.4) is 0 Å². The molecule has 2 aromatic heterocycles. The second-order valence-corrected chi connectivity index (χ2v) is 15.7. The fraction of sp³-hybridized carbons (Fsp3) is 0.475. The fourth-order valence-corrected chi connectivity index (χ4v) is 9.36. The van der Waals surface area contributed by atoms with Crippen LogP contribution in [0.5, 0.6) is 0 Å². The maximum atomic E-state index is 12.7. The maximum Gasteiger partial charge on any atom is 0.320 e. The summed E-state index contributed by atoms with van der Waals surface area (Å²) in [5.74, 6) is -0.266. The average molecular weight is 747 g/mol. The van der Waals surface area contributed by atoms with E-state index in [2.05, 4.69) is 48.8 Å².